The lowest BCUT2D eigenvalue weighted by molar-refractivity contribution is 0.201. The van der Waals surface area contributed by atoms with Gasteiger partial charge < -0.3 is 14.6 Å². The van der Waals surface area contributed by atoms with E-state index in [4.69, 9.17) is 9.26 Å². The quantitative estimate of drug-likeness (QED) is 0.936. The number of pyridine rings is 1. The molecule has 2 saturated carbocycles. The van der Waals surface area contributed by atoms with Crippen LogP contribution in [0.2, 0.25) is 0 Å². The Morgan fingerprint density at radius 3 is 2.83 bits per heavy atom. The van der Waals surface area contributed by atoms with Gasteiger partial charge in [-0.15, -0.1) is 0 Å². The molecule has 3 heterocycles. The van der Waals surface area contributed by atoms with Gasteiger partial charge >= 0.3 is 0 Å². The molecule has 6 heteroatoms. The van der Waals surface area contributed by atoms with Gasteiger partial charge in [-0.1, -0.05) is 5.16 Å². The standard InChI is InChI=1S/C17H20N4O2/c1-2-4-12(3-1)22-15-6-5-10(9-18-15)16-20-17(23-21-16)14-8-11-7-13(11)19-14/h5-6,9,11-14,19H,1-4,7-8H2/t11-,13-,14+/m1/s1. The van der Waals surface area contributed by atoms with Gasteiger partial charge in [0.25, 0.3) is 0 Å². The molecule has 0 unspecified atom stereocenters. The van der Waals surface area contributed by atoms with E-state index in [2.05, 4.69) is 20.4 Å². The Hall–Kier alpha value is -1.95. The van der Waals surface area contributed by atoms with E-state index in [0.29, 0.717) is 29.7 Å². The van der Waals surface area contributed by atoms with E-state index in [9.17, 15) is 0 Å². The highest BCUT2D eigenvalue weighted by molar-refractivity contribution is 5.53. The van der Waals surface area contributed by atoms with Crippen molar-refractivity contribution in [3.05, 3.63) is 24.2 Å². The molecule has 2 aliphatic carbocycles. The molecule has 3 atom stereocenters. The first-order valence-electron chi connectivity index (χ1n) is 8.58. The number of rotatable bonds is 4. The maximum Gasteiger partial charge on any atom is 0.244 e. The van der Waals surface area contributed by atoms with Crippen LogP contribution in [0.1, 0.15) is 50.5 Å². The van der Waals surface area contributed by atoms with Crippen molar-refractivity contribution >= 4 is 0 Å². The van der Waals surface area contributed by atoms with Crippen molar-refractivity contribution in [3.8, 4) is 17.3 Å². The van der Waals surface area contributed by atoms with E-state index in [1.807, 2.05) is 12.1 Å². The molecule has 2 aromatic heterocycles. The Morgan fingerprint density at radius 2 is 2.09 bits per heavy atom. The third kappa shape index (κ3) is 2.61. The average Bonchev–Trinajstić information content (AvgIpc) is 3.05. The second-order valence-electron chi connectivity index (χ2n) is 6.92. The van der Waals surface area contributed by atoms with Gasteiger partial charge in [-0.05, 0) is 50.5 Å². The largest absolute Gasteiger partial charge is 0.474 e. The summed E-state index contributed by atoms with van der Waals surface area (Å²) in [5, 5.41) is 7.62. The second kappa shape index (κ2) is 5.30. The first-order valence-corrected chi connectivity index (χ1v) is 8.58. The van der Waals surface area contributed by atoms with Crippen molar-refractivity contribution < 1.29 is 9.26 Å². The summed E-state index contributed by atoms with van der Waals surface area (Å²) in [4.78, 5) is 8.91. The van der Waals surface area contributed by atoms with Gasteiger partial charge in [-0.25, -0.2) is 4.98 Å². The van der Waals surface area contributed by atoms with Gasteiger partial charge in [-0.3, -0.25) is 0 Å². The molecular formula is C17H20N4O2. The van der Waals surface area contributed by atoms with Crippen LogP contribution in [0.5, 0.6) is 5.88 Å². The molecule has 3 fully saturated rings. The fraction of sp³-hybridized carbons (Fsp3) is 0.588. The topological polar surface area (TPSA) is 73.1 Å². The zero-order valence-corrected chi connectivity index (χ0v) is 12.9. The lowest BCUT2D eigenvalue weighted by atomic mass is 10.2. The van der Waals surface area contributed by atoms with Gasteiger partial charge in [0.1, 0.15) is 6.10 Å². The van der Waals surface area contributed by atoms with Crippen LogP contribution < -0.4 is 10.1 Å². The molecule has 0 aromatic carbocycles. The predicted octanol–water partition coefficient (Wildman–Crippen LogP) is 2.88. The van der Waals surface area contributed by atoms with E-state index >= 15 is 0 Å². The van der Waals surface area contributed by atoms with Crippen molar-refractivity contribution in [2.24, 2.45) is 5.92 Å². The van der Waals surface area contributed by atoms with Crippen molar-refractivity contribution in [2.45, 2.75) is 56.7 Å². The van der Waals surface area contributed by atoms with Gasteiger partial charge in [0.15, 0.2) is 0 Å². The van der Waals surface area contributed by atoms with Crippen LogP contribution in [0.25, 0.3) is 11.4 Å². The minimum atomic E-state index is 0.220. The van der Waals surface area contributed by atoms with Crippen LogP contribution in [-0.4, -0.2) is 27.3 Å². The molecule has 0 spiro atoms. The molecule has 1 aliphatic heterocycles. The highest BCUT2D eigenvalue weighted by atomic mass is 16.5. The van der Waals surface area contributed by atoms with Crippen LogP contribution in [0, 0.1) is 5.92 Å². The Kier molecular flexibility index (Phi) is 3.11. The highest BCUT2D eigenvalue weighted by Crippen LogP contribution is 2.45. The third-order valence-electron chi connectivity index (χ3n) is 5.20. The van der Waals surface area contributed by atoms with Gasteiger partial charge in [0.05, 0.1) is 6.04 Å². The molecule has 1 saturated heterocycles. The number of ether oxygens (including phenoxy) is 1. The number of hydrogen-bond acceptors (Lipinski definition) is 6. The number of nitrogens with one attached hydrogen (secondary N) is 1. The Balaban J connectivity index is 1.28. The van der Waals surface area contributed by atoms with Gasteiger partial charge in [0.2, 0.25) is 17.6 Å². The number of piperidine rings is 1. The lowest BCUT2D eigenvalue weighted by Crippen LogP contribution is -2.17. The van der Waals surface area contributed by atoms with Crippen molar-refractivity contribution in [3.63, 3.8) is 0 Å². The fourth-order valence-electron chi connectivity index (χ4n) is 3.77. The highest BCUT2D eigenvalue weighted by Gasteiger charge is 2.47. The summed E-state index contributed by atoms with van der Waals surface area (Å²) in [6, 6.07) is 4.74. The van der Waals surface area contributed by atoms with Crippen LogP contribution in [0.4, 0.5) is 0 Å². The molecule has 0 amide bonds. The van der Waals surface area contributed by atoms with E-state index in [1.54, 1.807) is 6.20 Å². The van der Waals surface area contributed by atoms with E-state index in [1.165, 1.54) is 19.3 Å². The van der Waals surface area contributed by atoms with Crippen LogP contribution in [0.15, 0.2) is 22.9 Å². The summed E-state index contributed by atoms with van der Waals surface area (Å²) in [6.45, 7) is 0. The number of aromatic nitrogens is 3. The molecule has 23 heavy (non-hydrogen) atoms. The third-order valence-corrected chi connectivity index (χ3v) is 5.20. The summed E-state index contributed by atoms with van der Waals surface area (Å²) >= 11 is 0. The lowest BCUT2D eigenvalue weighted by Gasteiger charge is -2.11. The molecule has 6 nitrogen and oxygen atoms in total. The molecule has 3 aliphatic rings. The number of fused-ring (bicyclic) bond motifs is 1. The molecule has 0 bridgehead atoms. The maximum absolute atomic E-state index is 5.88. The maximum atomic E-state index is 5.88. The average molecular weight is 312 g/mol. The van der Waals surface area contributed by atoms with Gasteiger partial charge in [-0.2, -0.15) is 4.98 Å². The van der Waals surface area contributed by atoms with Crippen LogP contribution >= 0.6 is 0 Å². The van der Waals surface area contributed by atoms with Crippen LogP contribution in [-0.2, 0) is 0 Å². The molecular weight excluding hydrogens is 292 g/mol. The van der Waals surface area contributed by atoms with Crippen molar-refractivity contribution in [1.29, 1.82) is 0 Å². The number of nitrogens with zero attached hydrogens (tertiary/aromatic N) is 3. The Morgan fingerprint density at radius 1 is 1.17 bits per heavy atom. The monoisotopic (exact) mass is 312 g/mol. The molecule has 0 radical (unpaired) electrons. The first kappa shape index (κ1) is 13.5. The van der Waals surface area contributed by atoms with E-state index in [-0.39, 0.29) is 6.04 Å². The van der Waals surface area contributed by atoms with E-state index in [0.717, 1.165) is 30.7 Å². The fourth-order valence-corrected chi connectivity index (χ4v) is 3.77. The molecule has 120 valence electrons. The summed E-state index contributed by atoms with van der Waals surface area (Å²) in [5.41, 5.74) is 0.863. The summed E-state index contributed by atoms with van der Waals surface area (Å²) in [5.74, 6) is 2.78. The zero-order valence-electron chi connectivity index (χ0n) is 12.9. The first-order chi connectivity index (χ1) is 11.3. The molecule has 2 aromatic rings. The smallest absolute Gasteiger partial charge is 0.244 e. The molecule has 5 rings (SSSR count). The van der Waals surface area contributed by atoms with Crippen molar-refractivity contribution in [1.82, 2.24) is 20.4 Å². The minimum Gasteiger partial charge on any atom is -0.474 e. The predicted molar refractivity (Wildman–Crippen MR) is 82.8 cm³/mol. The summed E-state index contributed by atoms with van der Waals surface area (Å²) in [7, 11) is 0. The second-order valence-corrected chi connectivity index (χ2v) is 6.92. The van der Waals surface area contributed by atoms with Crippen LogP contribution in [0.3, 0.4) is 0 Å². The summed E-state index contributed by atoms with van der Waals surface area (Å²) < 4.78 is 11.3. The van der Waals surface area contributed by atoms with E-state index < -0.39 is 0 Å². The normalized spacial score (nSPS) is 29.7. The molecule has 1 N–H and O–H groups in total. The summed E-state index contributed by atoms with van der Waals surface area (Å²) in [6.07, 6.45) is 9.27. The van der Waals surface area contributed by atoms with Gasteiger partial charge in [0, 0.05) is 23.9 Å². The van der Waals surface area contributed by atoms with Crippen molar-refractivity contribution in [2.75, 3.05) is 0 Å². The Bertz CT molecular complexity index is 683. The minimum absolute atomic E-state index is 0.220. The Labute approximate surface area is 134 Å². The number of hydrogen-bond donors (Lipinski definition) is 1. The SMILES string of the molecule is c1cc(OC2CCCC2)ncc1-c1noc([C@@H]2C[C@H]3C[C@H]3N2)n1. The zero-order chi connectivity index (χ0) is 15.2.